The van der Waals surface area contributed by atoms with Crippen LogP contribution in [0.25, 0.3) is 11.1 Å². The molecule has 1 aromatic heterocycles. The number of fused-ring (bicyclic) bond motifs is 1. The Morgan fingerprint density at radius 3 is 2.70 bits per heavy atom. The molecule has 0 atom stereocenters. The number of rotatable bonds is 8. The number of hydrogen-bond acceptors (Lipinski definition) is 5. The van der Waals surface area contributed by atoms with E-state index in [4.69, 9.17) is 4.42 Å². The van der Waals surface area contributed by atoms with Crippen LogP contribution >= 0.6 is 0 Å². The molecule has 2 aromatic rings. The minimum Gasteiger partial charge on any atom is -0.407 e. The number of halogens is 3. The normalized spacial score (nSPS) is 11.5. The number of aryl methyl sites for hydroxylation is 1. The highest BCUT2D eigenvalue weighted by atomic mass is 19.4. The van der Waals surface area contributed by atoms with Crippen LogP contribution in [-0.4, -0.2) is 39.6 Å². The molecule has 0 spiro atoms. The molecule has 11 heteroatoms. The molecule has 1 aromatic carbocycles. The fraction of sp³-hybridized carbons (Fsp3) is 0.375. The zero-order chi connectivity index (χ0) is 20.2. The summed E-state index contributed by atoms with van der Waals surface area (Å²) >= 11 is 0. The lowest BCUT2D eigenvalue weighted by Gasteiger charge is -2.22. The van der Waals surface area contributed by atoms with Gasteiger partial charge in [-0.3, -0.25) is 19.5 Å². The largest absolute Gasteiger partial charge is 0.419 e. The number of carbonyl (C=O) groups excluding carboxylic acids is 1. The summed E-state index contributed by atoms with van der Waals surface area (Å²) in [7, 11) is 0. The van der Waals surface area contributed by atoms with E-state index in [2.05, 4.69) is 6.58 Å². The number of amides is 1. The Labute approximate surface area is 150 Å². The highest BCUT2D eigenvalue weighted by Gasteiger charge is 2.32. The van der Waals surface area contributed by atoms with E-state index in [0.717, 1.165) is 6.07 Å². The Balaban J connectivity index is 2.07. The number of oxazole rings is 1. The van der Waals surface area contributed by atoms with Crippen molar-refractivity contribution in [3.8, 4) is 0 Å². The zero-order valence-electron chi connectivity index (χ0n) is 14.1. The summed E-state index contributed by atoms with van der Waals surface area (Å²) in [5, 5.41) is 10.7. The van der Waals surface area contributed by atoms with Crippen molar-refractivity contribution in [1.82, 2.24) is 9.47 Å². The molecule has 0 fully saturated rings. The lowest BCUT2D eigenvalue weighted by Crippen LogP contribution is -2.39. The van der Waals surface area contributed by atoms with E-state index in [1.807, 2.05) is 0 Å². The third-order valence-electron chi connectivity index (χ3n) is 3.71. The number of hydrogen-bond donors (Lipinski definition) is 0. The van der Waals surface area contributed by atoms with Gasteiger partial charge in [-0.15, -0.1) is 6.58 Å². The molecule has 0 radical (unpaired) electrons. The molecule has 2 rings (SSSR count). The number of aromatic nitrogens is 1. The van der Waals surface area contributed by atoms with Crippen molar-refractivity contribution in [2.24, 2.45) is 0 Å². The van der Waals surface area contributed by atoms with Gasteiger partial charge in [0.25, 0.3) is 5.69 Å². The van der Waals surface area contributed by atoms with Gasteiger partial charge in [-0.05, 0) is 12.5 Å². The molecule has 27 heavy (non-hydrogen) atoms. The summed E-state index contributed by atoms with van der Waals surface area (Å²) in [6, 6.07) is 3.65. The van der Waals surface area contributed by atoms with Crippen molar-refractivity contribution in [1.29, 1.82) is 0 Å². The lowest BCUT2D eigenvalue weighted by atomic mass is 10.2. The number of non-ortho nitro benzene ring substituents is 1. The SMILES string of the molecule is C=CCN(CC(F)(F)F)C(=O)CCCn1c(=O)oc2cc([N+](=O)[O-])ccc21. The fourth-order valence-electron chi connectivity index (χ4n) is 2.55. The molecule has 1 amide bonds. The second kappa shape index (κ2) is 8.06. The minimum absolute atomic E-state index is 0.0172. The maximum atomic E-state index is 12.5. The molecule has 1 heterocycles. The summed E-state index contributed by atoms with van der Waals surface area (Å²) in [4.78, 5) is 34.6. The van der Waals surface area contributed by atoms with Gasteiger partial charge in [-0.1, -0.05) is 6.08 Å². The van der Waals surface area contributed by atoms with E-state index < -0.39 is 29.3 Å². The molecule has 0 unspecified atom stereocenters. The van der Waals surface area contributed by atoms with E-state index in [1.54, 1.807) is 0 Å². The van der Waals surface area contributed by atoms with Gasteiger partial charge < -0.3 is 9.32 Å². The third kappa shape index (κ3) is 5.19. The van der Waals surface area contributed by atoms with Crippen LogP contribution in [0.1, 0.15) is 12.8 Å². The number of nitro benzene ring substituents is 1. The van der Waals surface area contributed by atoms with Crippen molar-refractivity contribution in [2.75, 3.05) is 13.1 Å². The van der Waals surface area contributed by atoms with Gasteiger partial charge in [0.05, 0.1) is 16.5 Å². The molecule has 0 bridgehead atoms. The quantitative estimate of drug-likeness (QED) is 0.394. The van der Waals surface area contributed by atoms with Crippen LogP contribution in [0.4, 0.5) is 18.9 Å². The van der Waals surface area contributed by atoms with Crippen molar-refractivity contribution >= 4 is 22.7 Å². The van der Waals surface area contributed by atoms with E-state index >= 15 is 0 Å². The first-order chi connectivity index (χ1) is 12.6. The highest BCUT2D eigenvalue weighted by molar-refractivity contribution is 5.77. The molecule has 0 aliphatic rings. The van der Waals surface area contributed by atoms with Crippen LogP contribution in [0.2, 0.25) is 0 Å². The Morgan fingerprint density at radius 2 is 2.11 bits per heavy atom. The number of benzene rings is 1. The van der Waals surface area contributed by atoms with Gasteiger partial charge in [0, 0.05) is 25.6 Å². The standard InChI is InChI=1S/C16H16F3N3O5/c1-2-7-20(10-16(17,18)19)14(23)4-3-8-21-12-6-5-11(22(25)26)9-13(12)27-15(21)24/h2,5-6,9H,1,3-4,7-8,10H2. The van der Waals surface area contributed by atoms with Gasteiger partial charge >= 0.3 is 11.9 Å². The van der Waals surface area contributed by atoms with E-state index in [9.17, 15) is 32.9 Å². The van der Waals surface area contributed by atoms with Crippen LogP contribution in [0.15, 0.2) is 40.1 Å². The Hall–Kier alpha value is -3.11. The number of alkyl halides is 3. The van der Waals surface area contributed by atoms with Crippen molar-refractivity contribution in [3.63, 3.8) is 0 Å². The Morgan fingerprint density at radius 1 is 1.41 bits per heavy atom. The number of nitro groups is 1. The summed E-state index contributed by atoms with van der Waals surface area (Å²) in [5.74, 6) is -1.49. The van der Waals surface area contributed by atoms with Crippen molar-refractivity contribution in [3.05, 3.63) is 51.5 Å². The van der Waals surface area contributed by atoms with Crippen LogP contribution in [0.5, 0.6) is 0 Å². The van der Waals surface area contributed by atoms with Gasteiger partial charge in [-0.25, -0.2) is 4.79 Å². The van der Waals surface area contributed by atoms with Gasteiger partial charge in [0.2, 0.25) is 5.91 Å². The highest BCUT2D eigenvalue weighted by Crippen LogP contribution is 2.21. The van der Waals surface area contributed by atoms with E-state index in [-0.39, 0.29) is 37.2 Å². The molecule has 8 nitrogen and oxygen atoms in total. The lowest BCUT2D eigenvalue weighted by molar-refractivity contribution is -0.384. The first-order valence-corrected chi connectivity index (χ1v) is 7.85. The first kappa shape index (κ1) is 20.2. The van der Waals surface area contributed by atoms with Crippen LogP contribution < -0.4 is 5.76 Å². The number of carbonyl (C=O) groups is 1. The molecule has 0 N–H and O–H groups in total. The second-order valence-electron chi connectivity index (χ2n) is 5.71. The molecule has 146 valence electrons. The van der Waals surface area contributed by atoms with Crippen molar-refractivity contribution in [2.45, 2.75) is 25.6 Å². The molecule has 0 aliphatic carbocycles. The summed E-state index contributed by atoms with van der Waals surface area (Å²) in [5.41, 5.74) is 0.0768. The molecule has 0 saturated carbocycles. The number of nitrogens with zero attached hydrogens (tertiary/aromatic N) is 3. The van der Waals surface area contributed by atoms with Crippen LogP contribution in [0, 0.1) is 10.1 Å². The predicted octanol–water partition coefficient (Wildman–Crippen LogP) is 2.86. The minimum atomic E-state index is -4.52. The zero-order valence-corrected chi connectivity index (χ0v) is 14.1. The van der Waals surface area contributed by atoms with Crippen LogP contribution in [-0.2, 0) is 11.3 Å². The first-order valence-electron chi connectivity index (χ1n) is 7.85. The van der Waals surface area contributed by atoms with E-state index in [1.165, 1.54) is 22.8 Å². The van der Waals surface area contributed by atoms with E-state index in [0.29, 0.717) is 10.4 Å². The summed E-state index contributed by atoms with van der Waals surface area (Å²) < 4.78 is 43.7. The Kier molecular flexibility index (Phi) is 6.03. The summed E-state index contributed by atoms with van der Waals surface area (Å²) in [6.45, 7) is 1.73. The maximum Gasteiger partial charge on any atom is 0.419 e. The molecule has 0 aliphatic heterocycles. The smallest absolute Gasteiger partial charge is 0.407 e. The van der Waals surface area contributed by atoms with Gasteiger partial charge in [-0.2, -0.15) is 13.2 Å². The summed E-state index contributed by atoms with van der Waals surface area (Å²) in [6.07, 6.45) is -3.44. The average Bonchev–Trinajstić information content (AvgIpc) is 2.88. The molecular formula is C16H16F3N3O5. The van der Waals surface area contributed by atoms with Crippen molar-refractivity contribution < 1.29 is 27.3 Å². The average molecular weight is 387 g/mol. The van der Waals surface area contributed by atoms with Gasteiger partial charge in [0.15, 0.2) is 5.58 Å². The molecule has 0 saturated heterocycles. The fourth-order valence-corrected chi connectivity index (χ4v) is 2.55. The predicted molar refractivity (Wildman–Crippen MR) is 89.2 cm³/mol. The molecular weight excluding hydrogens is 371 g/mol. The monoisotopic (exact) mass is 387 g/mol. The van der Waals surface area contributed by atoms with Gasteiger partial charge in [0.1, 0.15) is 6.54 Å². The maximum absolute atomic E-state index is 12.5. The second-order valence-corrected chi connectivity index (χ2v) is 5.71. The Bertz CT molecular complexity index is 916. The third-order valence-corrected chi connectivity index (χ3v) is 3.71. The topological polar surface area (TPSA) is 98.6 Å². The van der Waals surface area contributed by atoms with Crippen LogP contribution in [0.3, 0.4) is 0 Å².